The van der Waals surface area contributed by atoms with Gasteiger partial charge in [-0.3, -0.25) is 4.79 Å². The molecule has 0 bridgehead atoms. The van der Waals surface area contributed by atoms with Gasteiger partial charge in [0.2, 0.25) is 0 Å². The molecule has 0 saturated heterocycles. The highest BCUT2D eigenvalue weighted by Crippen LogP contribution is 2.22. The van der Waals surface area contributed by atoms with Crippen LogP contribution in [0.3, 0.4) is 0 Å². The number of H-pyrrole nitrogens is 1. The number of hydrogen-bond acceptors (Lipinski definition) is 5. The van der Waals surface area contributed by atoms with Crippen molar-refractivity contribution in [2.45, 2.75) is 19.4 Å². The van der Waals surface area contributed by atoms with E-state index in [2.05, 4.69) is 15.3 Å². The molecule has 0 spiro atoms. The van der Waals surface area contributed by atoms with Crippen molar-refractivity contribution in [3.8, 4) is 11.3 Å². The lowest BCUT2D eigenvalue weighted by Gasteiger charge is -2.12. The zero-order valence-corrected chi connectivity index (χ0v) is 12.1. The lowest BCUT2D eigenvalue weighted by molar-refractivity contribution is -0.139. The van der Waals surface area contributed by atoms with Gasteiger partial charge < -0.3 is 20.5 Å². The molecule has 0 saturated carbocycles. The van der Waals surface area contributed by atoms with Crippen molar-refractivity contribution in [2.75, 3.05) is 6.61 Å². The lowest BCUT2D eigenvalue weighted by Crippen LogP contribution is -2.41. The zero-order chi connectivity index (χ0) is 15.4. The van der Waals surface area contributed by atoms with Gasteiger partial charge in [0.1, 0.15) is 11.7 Å². The van der Waals surface area contributed by atoms with Gasteiger partial charge in [-0.2, -0.15) is 0 Å². The van der Waals surface area contributed by atoms with E-state index in [1.54, 1.807) is 12.3 Å². The SMILES string of the molecule is Cc1nc(-c2c[nH]c(C(=O)N[C@@H](CCO)C(=O)O)c2)cs1. The number of carbonyl (C=O) groups excluding carboxylic acids is 1. The third-order valence-electron chi connectivity index (χ3n) is 2.86. The largest absolute Gasteiger partial charge is 0.480 e. The standard InChI is InChI=1S/C13H15N3O4S/c1-7-15-11(6-21-7)8-4-10(14-5-8)12(18)16-9(2-3-17)13(19)20/h4-6,9,14,17H,2-3H2,1H3,(H,16,18)(H,19,20)/t9-/m0/s1. The summed E-state index contributed by atoms with van der Waals surface area (Å²) in [5.41, 5.74) is 1.77. The van der Waals surface area contributed by atoms with Crippen LogP contribution >= 0.6 is 11.3 Å². The quantitative estimate of drug-likeness (QED) is 0.635. The molecule has 4 N–H and O–H groups in total. The number of rotatable bonds is 6. The van der Waals surface area contributed by atoms with Gasteiger partial charge in [-0.05, 0) is 13.0 Å². The molecule has 0 aromatic carbocycles. The van der Waals surface area contributed by atoms with Crippen molar-refractivity contribution in [1.29, 1.82) is 0 Å². The number of aromatic amines is 1. The second-order valence-corrected chi connectivity index (χ2v) is 5.49. The molecule has 7 nitrogen and oxygen atoms in total. The fraction of sp³-hybridized carbons (Fsp3) is 0.308. The second kappa shape index (κ2) is 6.51. The first-order valence-electron chi connectivity index (χ1n) is 6.26. The van der Waals surface area contributed by atoms with Crippen LogP contribution in [0, 0.1) is 6.92 Å². The molecule has 2 aromatic rings. The van der Waals surface area contributed by atoms with E-state index in [1.165, 1.54) is 11.3 Å². The average molecular weight is 309 g/mol. The second-order valence-electron chi connectivity index (χ2n) is 4.43. The van der Waals surface area contributed by atoms with Crippen LogP contribution in [0.4, 0.5) is 0 Å². The van der Waals surface area contributed by atoms with Crippen molar-refractivity contribution in [1.82, 2.24) is 15.3 Å². The number of nitrogens with zero attached hydrogens (tertiary/aromatic N) is 1. The Morgan fingerprint density at radius 1 is 1.52 bits per heavy atom. The Hall–Kier alpha value is -2.19. The zero-order valence-electron chi connectivity index (χ0n) is 11.3. The Morgan fingerprint density at radius 2 is 2.29 bits per heavy atom. The number of amides is 1. The maximum atomic E-state index is 12.0. The first-order chi connectivity index (χ1) is 10.0. The Kier molecular flexibility index (Phi) is 4.71. The van der Waals surface area contributed by atoms with Crippen LogP contribution in [0.1, 0.15) is 21.9 Å². The maximum Gasteiger partial charge on any atom is 0.326 e. The number of aliphatic hydroxyl groups is 1. The fourth-order valence-electron chi connectivity index (χ4n) is 1.79. The van der Waals surface area contributed by atoms with Gasteiger partial charge in [0.25, 0.3) is 5.91 Å². The molecular formula is C13H15N3O4S. The van der Waals surface area contributed by atoms with E-state index in [-0.39, 0.29) is 18.7 Å². The molecule has 0 aliphatic heterocycles. The Morgan fingerprint density at radius 3 is 2.86 bits per heavy atom. The Labute approximate surface area is 124 Å². The molecule has 1 amide bonds. The number of aromatic nitrogens is 2. The van der Waals surface area contributed by atoms with Crippen LogP contribution in [0.5, 0.6) is 0 Å². The molecule has 8 heteroatoms. The van der Waals surface area contributed by atoms with Gasteiger partial charge in [-0.25, -0.2) is 9.78 Å². The molecule has 0 fully saturated rings. The summed E-state index contributed by atoms with van der Waals surface area (Å²) < 4.78 is 0. The summed E-state index contributed by atoms with van der Waals surface area (Å²) in [6.45, 7) is 1.58. The molecule has 21 heavy (non-hydrogen) atoms. The van der Waals surface area contributed by atoms with Crippen LogP contribution in [-0.2, 0) is 4.79 Å². The van der Waals surface area contributed by atoms with Gasteiger partial charge in [0, 0.05) is 30.2 Å². The molecule has 0 aliphatic carbocycles. The highest BCUT2D eigenvalue weighted by atomic mass is 32.1. The van der Waals surface area contributed by atoms with E-state index in [9.17, 15) is 9.59 Å². The van der Waals surface area contributed by atoms with Crippen molar-refractivity contribution in [3.05, 3.63) is 28.3 Å². The van der Waals surface area contributed by atoms with E-state index in [4.69, 9.17) is 10.2 Å². The number of hydrogen-bond donors (Lipinski definition) is 4. The van der Waals surface area contributed by atoms with Gasteiger partial charge in [-0.1, -0.05) is 0 Å². The third kappa shape index (κ3) is 3.67. The Bertz CT molecular complexity index is 649. The monoisotopic (exact) mass is 309 g/mol. The number of aliphatic carboxylic acids is 1. The van der Waals surface area contributed by atoms with Gasteiger partial charge in [0.15, 0.2) is 0 Å². The summed E-state index contributed by atoms with van der Waals surface area (Å²) in [5.74, 6) is -1.71. The lowest BCUT2D eigenvalue weighted by atomic mass is 10.2. The molecule has 112 valence electrons. The molecule has 2 aromatic heterocycles. The topological polar surface area (TPSA) is 115 Å². The van der Waals surface area contributed by atoms with E-state index < -0.39 is 17.9 Å². The average Bonchev–Trinajstić information content (AvgIpc) is 3.06. The summed E-state index contributed by atoms with van der Waals surface area (Å²) in [7, 11) is 0. The van der Waals surface area contributed by atoms with E-state index in [0.717, 1.165) is 16.3 Å². The predicted octanol–water partition coefficient (Wildman–Crippen LogP) is 1.01. The van der Waals surface area contributed by atoms with Crippen molar-refractivity contribution < 1.29 is 19.8 Å². The normalized spacial score (nSPS) is 12.1. The minimum absolute atomic E-state index is 0.0417. The fourth-order valence-corrected chi connectivity index (χ4v) is 2.41. The maximum absolute atomic E-state index is 12.0. The van der Waals surface area contributed by atoms with Crippen LogP contribution < -0.4 is 5.32 Å². The van der Waals surface area contributed by atoms with Crippen LogP contribution in [0.2, 0.25) is 0 Å². The van der Waals surface area contributed by atoms with Crippen LogP contribution in [0.25, 0.3) is 11.3 Å². The molecular weight excluding hydrogens is 294 g/mol. The first kappa shape index (κ1) is 15.2. The smallest absolute Gasteiger partial charge is 0.326 e. The van der Waals surface area contributed by atoms with Gasteiger partial charge in [0.05, 0.1) is 10.7 Å². The number of carbonyl (C=O) groups is 2. The van der Waals surface area contributed by atoms with Gasteiger partial charge in [-0.15, -0.1) is 11.3 Å². The predicted molar refractivity (Wildman–Crippen MR) is 77.2 cm³/mol. The number of carboxylic acid groups (broad SMARTS) is 1. The molecule has 2 heterocycles. The van der Waals surface area contributed by atoms with Crippen molar-refractivity contribution >= 4 is 23.2 Å². The molecule has 0 radical (unpaired) electrons. The summed E-state index contributed by atoms with van der Waals surface area (Å²) in [4.78, 5) is 30.0. The van der Waals surface area contributed by atoms with Crippen molar-refractivity contribution in [3.63, 3.8) is 0 Å². The number of carboxylic acids is 1. The summed E-state index contributed by atoms with van der Waals surface area (Å²) >= 11 is 1.51. The van der Waals surface area contributed by atoms with E-state index in [0.29, 0.717) is 0 Å². The van der Waals surface area contributed by atoms with E-state index in [1.807, 2.05) is 12.3 Å². The minimum atomic E-state index is -1.18. The highest BCUT2D eigenvalue weighted by Gasteiger charge is 2.21. The number of aliphatic hydroxyl groups excluding tert-OH is 1. The summed E-state index contributed by atoms with van der Waals surface area (Å²) in [5, 5.41) is 22.9. The number of thiazole rings is 1. The minimum Gasteiger partial charge on any atom is -0.480 e. The molecule has 1 atom stereocenters. The van der Waals surface area contributed by atoms with Gasteiger partial charge >= 0.3 is 5.97 Å². The van der Waals surface area contributed by atoms with Crippen LogP contribution in [-0.4, -0.2) is 44.7 Å². The van der Waals surface area contributed by atoms with Crippen molar-refractivity contribution in [2.24, 2.45) is 0 Å². The number of aryl methyl sites for hydroxylation is 1. The highest BCUT2D eigenvalue weighted by molar-refractivity contribution is 7.09. The Balaban J connectivity index is 2.10. The first-order valence-corrected chi connectivity index (χ1v) is 7.14. The third-order valence-corrected chi connectivity index (χ3v) is 3.64. The van der Waals surface area contributed by atoms with E-state index >= 15 is 0 Å². The molecule has 0 aliphatic rings. The summed E-state index contributed by atoms with van der Waals surface area (Å²) in [6, 6.07) is 0.498. The molecule has 2 rings (SSSR count). The summed E-state index contributed by atoms with van der Waals surface area (Å²) in [6.07, 6.45) is 1.60. The van der Waals surface area contributed by atoms with Crippen LogP contribution in [0.15, 0.2) is 17.6 Å². The number of nitrogens with one attached hydrogen (secondary N) is 2. The molecule has 0 unspecified atom stereocenters.